The maximum Gasteiger partial charge on any atom is 0.273 e. The first kappa shape index (κ1) is 15.5. The molecule has 0 bridgehead atoms. The van der Waals surface area contributed by atoms with Crippen LogP contribution in [0.5, 0.6) is 11.5 Å². The van der Waals surface area contributed by atoms with Crippen LogP contribution in [0.1, 0.15) is 17.3 Å². The van der Waals surface area contributed by atoms with Crippen LogP contribution in [0.4, 0.5) is 5.69 Å². The molecule has 0 aliphatic heterocycles. The largest absolute Gasteiger partial charge is 0.497 e. The number of methoxy groups -OCH3 is 1. The first-order valence-electron chi connectivity index (χ1n) is 6.60. The summed E-state index contributed by atoms with van der Waals surface area (Å²) >= 11 is 0. The molecule has 0 amide bonds. The maximum atomic E-state index is 12.3. The van der Waals surface area contributed by atoms with Gasteiger partial charge >= 0.3 is 0 Å². The number of benzene rings is 2. The number of ketones is 1. The Balaban J connectivity index is 2.10. The topological polar surface area (TPSA) is 78.7 Å². The third-order valence-corrected chi connectivity index (χ3v) is 3.09. The molecule has 0 aliphatic rings. The Labute approximate surface area is 127 Å². The van der Waals surface area contributed by atoms with E-state index in [0.29, 0.717) is 11.3 Å². The molecule has 0 saturated carbocycles. The van der Waals surface area contributed by atoms with Crippen molar-refractivity contribution < 1.29 is 19.2 Å². The second-order valence-corrected chi connectivity index (χ2v) is 4.61. The van der Waals surface area contributed by atoms with Gasteiger partial charge in [-0.05, 0) is 37.3 Å². The minimum absolute atomic E-state index is 0.0819. The first-order chi connectivity index (χ1) is 10.5. The van der Waals surface area contributed by atoms with Crippen molar-refractivity contribution in [3.63, 3.8) is 0 Å². The van der Waals surface area contributed by atoms with Gasteiger partial charge in [0.15, 0.2) is 6.10 Å². The molecule has 0 saturated heterocycles. The average Bonchev–Trinajstić information content (AvgIpc) is 2.54. The van der Waals surface area contributed by atoms with Crippen molar-refractivity contribution in [2.75, 3.05) is 7.11 Å². The molecule has 2 aromatic rings. The van der Waals surface area contributed by atoms with Gasteiger partial charge in [0.2, 0.25) is 5.78 Å². The van der Waals surface area contributed by atoms with Gasteiger partial charge < -0.3 is 9.47 Å². The van der Waals surface area contributed by atoms with Gasteiger partial charge in [0.25, 0.3) is 5.69 Å². The monoisotopic (exact) mass is 301 g/mol. The Hall–Kier alpha value is -2.89. The van der Waals surface area contributed by atoms with Crippen molar-refractivity contribution in [3.8, 4) is 11.5 Å². The number of hydrogen-bond donors (Lipinski definition) is 0. The minimum atomic E-state index is -0.754. The van der Waals surface area contributed by atoms with E-state index in [2.05, 4.69) is 0 Å². The lowest BCUT2D eigenvalue weighted by atomic mass is 10.1. The lowest BCUT2D eigenvalue weighted by molar-refractivity contribution is -0.384. The Morgan fingerprint density at radius 3 is 2.41 bits per heavy atom. The molecule has 114 valence electrons. The summed E-state index contributed by atoms with van der Waals surface area (Å²) in [5.41, 5.74) is 0.403. The molecule has 0 radical (unpaired) electrons. The van der Waals surface area contributed by atoms with Gasteiger partial charge in [-0.25, -0.2) is 0 Å². The zero-order valence-electron chi connectivity index (χ0n) is 12.2. The summed E-state index contributed by atoms with van der Waals surface area (Å²) in [5, 5.41) is 10.7. The first-order valence-corrected chi connectivity index (χ1v) is 6.60. The third kappa shape index (κ3) is 3.60. The molecule has 6 heteroatoms. The summed E-state index contributed by atoms with van der Waals surface area (Å²) in [6.45, 7) is 1.60. The van der Waals surface area contributed by atoms with Crippen LogP contribution in [0, 0.1) is 10.1 Å². The summed E-state index contributed by atoms with van der Waals surface area (Å²) in [5.74, 6) is 0.724. The van der Waals surface area contributed by atoms with Gasteiger partial charge in [0, 0.05) is 11.6 Å². The quantitative estimate of drug-likeness (QED) is 0.465. The number of carbonyl (C=O) groups is 1. The fourth-order valence-electron chi connectivity index (χ4n) is 1.92. The number of nitro benzene ring substituents is 1. The summed E-state index contributed by atoms with van der Waals surface area (Å²) in [7, 11) is 1.55. The highest BCUT2D eigenvalue weighted by molar-refractivity contribution is 5.99. The number of carbonyl (C=O) groups excluding carboxylic acids is 1. The van der Waals surface area contributed by atoms with Gasteiger partial charge in [0.05, 0.1) is 18.1 Å². The predicted octanol–water partition coefficient (Wildman–Crippen LogP) is 3.25. The zero-order valence-corrected chi connectivity index (χ0v) is 12.2. The van der Waals surface area contributed by atoms with Gasteiger partial charge in [-0.3, -0.25) is 14.9 Å². The van der Waals surface area contributed by atoms with Crippen LogP contribution in [0.25, 0.3) is 0 Å². The Morgan fingerprint density at radius 2 is 1.82 bits per heavy atom. The molecular weight excluding hydrogens is 286 g/mol. The van der Waals surface area contributed by atoms with Crippen molar-refractivity contribution in [2.24, 2.45) is 0 Å². The fraction of sp³-hybridized carbons (Fsp3) is 0.188. The molecule has 0 fully saturated rings. The van der Waals surface area contributed by atoms with E-state index < -0.39 is 11.0 Å². The van der Waals surface area contributed by atoms with Gasteiger partial charge in [0.1, 0.15) is 11.5 Å². The van der Waals surface area contributed by atoms with E-state index >= 15 is 0 Å². The van der Waals surface area contributed by atoms with Gasteiger partial charge in [-0.1, -0.05) is 6.07 Å². The van der Waals surface area contributed by atoms with E-state index in [-0.39, 0.29) is 17.2 Å². The van der Waals surface area contributed by atoms with Crippen molar-refractivity contribution in [1.82, 2.24) is 0 Å². The van der Waals surface area contributed by atoms with Crippen LogP contribution in [0.15, 0.2) is 48.5 Å². The van der Waals surface area contributed by atoms with Gasteiger partial charge in [-0.2, -0.15) is 0 Å². The van der Waals surface area contributed by atoms with E-state index in [0.717, 1.165) is 0 Å². The molecule has 0 aliphatic carbocycles. The van der Waals surface area contributed by atoms with Gasteiger partial charge in [-0.15, -0.1) is 0 Å². The van der Waals surface area contributed by atoms with E-state index in [1.807, 2.05) is 0 Å². The number of nitro groups is 1. The maximum absolute atomic E-state index is 12.3. The molecule has 0 N–H and O–H groups in total. The van der Waals surface area contributed by atoms with Crippen LogP contribution >= 0.6 is 0 Å². The molecule has 0 aromatic heterocycles. The van der Waals surface area contributed by atoms with Crippen LogP contribution in [0.3, 0.4) is 0 Å². The smallest absolute Gasteiger partial charge is 0.273 e. The molecule has 6 nitrogen and oxygen atoms in total. The average molecular weight is 301 g/mol. The lowest BCUT2D eigenvalue weighted by Gasteiger charge is -2.13. The van der Waals surface area contributed by atoms with E-state index in [1.54, 1.807) is 44.4 Å². The fourth-order valence-corrected chi connectivity index (χ4v) is 1.92. The van der Waals surface area contributed by atoms with Crippen LogP contribution in [0.2, 0.25) is 0 Å². The van der Waals surface area contributed by atoms with E-state index in [1.165, 1.54) is 18.2 Å². The highest BCUT2D eigenvalue weighted by Crippen LogP contribution is 2.21. The van der Waals surface area contributed by atoms with Crippen molar-refractivity contribution in [2.45, 2.75) is 13.0 Å². The van der Waals surface area contributed by atoms with Crippen LogP contribution in [-0.4, -0.2) is 23.9 Å². The Kier molecular flexibility index (Phi) is 4.73. The van der Waals surface area contributed by atoms with E-state index in [4.69, 9.17) is 9.47 Å². The zero-order chi connectivity index (χ0) is 16.1. The number of Topliss-reactive ketones (excluding diaryl/α,β-unsaturated/α-hetero) is 1. The van der Waals surface area contributed by atoms with Crippen molar-refractivity contribution >= 4 is 11.5 Å². The molecular formula is C16H15NO5. The molecule has 2 rings (SSSR count). The van der Waals surface area contributed by atoms with Crippen LogP contribution in [-0.2, 0) is 0 Å². The summed E-state index contributed by atoms with van der Waals surface area (Å²) in [4.78, 5) is 22.5. The number of rotatable bonds is 6. The number of ether oxygens (including phenoxy) is 2. The minimum Gasteiger partial charge on any atom is -0.497 e. The molecule has 22 heavy (non-hydrogen) atoms. The lowest BCUT2D eigenvalue weighted by Crippen LogP contribution is -2.23. The second-order valence-electron chi connectivity index (χ2n) is 4.61. The van der Waals surface area contributed by atoms with Crippen LogP contribution < -0.4 is 9.47 Å². The summed E-state index contributed by atoms with van der Waals surface area (Å²) in [6, 6.07) is 12.4. The van der Waals surface area contributed by atoms with Crippen molar-refractivity contribution in [1.29, 1.82) is 0 Å². The SMILES string of the molecule is COc1ccc(C(=O)[C@@H](C)Oc2cccc([N+](=O)[O-])c2)cc1. The molecule has 2 aromatic carbocycles. The third-order valence-electron chi connectivity index (χ3n) is 3.09. The summed E-state index contributed by atoms with van der Waals surface area (Å²) in [6.07, 6.45) is -0.754. The highest BCUT2D eigenvalue weighted by atomic mass is 16.6. The second kappa shape index (κ2) is 6.71. The Morgan fingerprint density at radius 1 is 1.14 bits per heavy atom. The molecule has 0 spiro atoms. The molecule has 0 unspecified atom stereocenters. The summed E-state index contributed by atoms with van der Waals surface area (Å²) < 4.78 is 10.5. The standard InChI is InChI=1S/C16H15NO5/c1-11(16(18)12-6-8-14(21-2)9-7-12)22-15-5-3-4-13(10-15)17(19)20/h3-11H,1-2H3/t11-/m1/s1. The molecule has 1 atom stereocenters. The number of hydrogen-bond acceptors (Lipinski definition) is 5. The highest BCUT2D eigenvalue weighted by Gasteiger charge is 2.18. The number of nitrogens with zero attached hydrogens (tertiary/aromatic N) is 1. The number of non-ortho nitro benzene ring substituents is 1. The Bertz CT molecular complexity index is 681. The predicted molar refractivity (Wildman–Crippen MR) is 80.5 cm³/mol. The van der Waals surface area contributed by atoms with E-state index in [9.17, 15) is 14.9 Å². The van der Waals surface area contributed by atoms with Crippen molar-refractivity contribution in [3.05, 3.63) is 64.2 Å². The molecule has 0 heterocycles. The normalized spacial score (nSPS) is 11.5.